The molecule has 0 spiro atoms. The van der Waals surface area contributed by atoms with Crippen molar-refractivity contribution in [1.29, 1.82) is 0 Å². The van der Waals surface area contributed by atoms with E-state index in [4.69, 9.17) is 0 Å². The van der Waals surface area contributed by atoms with Gasteiger partial charge in [-0.05, 0) is 5.41 Å². The minimum Gasteiger partial charge on any atom is -0.171 e. The van der Waals surface area contributed by atoms with Gasteiger partial charge in [0.15, 0.2) is 0 Å². The van der Waals surface area contributed by atoms with Crippen LogP contribution in [-0.4, -0.2) is 12.4 Å². The fourth-order valence-corrected chi connectivity index (χ4v) is 1.15. The second-order valence-electron chi connectivity index (χ2n) is 3.75. The minimum atomic E-state index is -4.55. The van der Waals surface area contributed by atoms with Crippen LogP contribution in [0.1, 0.15) is 26.7 Å². The normalized spacial score (nSPS) is 14.8. The molecule has 0 amide bonds. The Morgan fingerprint density at radius 1 is 0.692 bits per heavy atom. The summed E-state index contributed by atoms with van der Waals surface area (Å²) in [5, 5.41) is 0. The third-order valence-electron chi connectivity index (χ3n) is 1.36. The van der Waals surface area contributed by atoms with E-state index in [1.165, 1.54) is 0 Å². The highest BCUT2D eigenvalue weighted by Gasteiger charge is 2.43. The fourth-order valence-electron chi connectivity index (χ4n) is 1.15. The van der Waals surface area contributed by atoms with Crippen molar-refractivity contribution in [2.24, 2.45) is 5.41 Å². The van der Waals surface area contributed by atoms with Crippen LogP contribution in [0.2, 0.25) is 0 Å². The van der Waals surface area contributed by atoms with Gasteiger partial charge in [-0.15, -0.1) is 0 Å². The largest absolute Gasteiger partial charge is 0.389 e. The van der Waals surface area contributed by atoms with Gasteiger partial charge in [0.2, 0.25) is 0 Å². The Labute approximate surface area is 71.9 Å². The van der Waals surface area contributed by atoms with E-state index in [0.29, 0.717) is 0 Å². The Hall–Kier alpha value is -0.420. The lowest BCUT2D eigenvalue weighted by Gasteiger charge is -2.26. The van der Waals surface area contributed by atoms with Gasteiger partial charge in [0, 0.05) is 12.8 Å². The van der Waals surface area contributed by atoms with Crippen LogP contribution in [0.25, 0.3) is 0 Å². The average molecular weight is 208 g/mol. The topological polar surface area (TPSA) is 0 Å². The number of alkyl halides is 6. The summed E-state index contributed by atoms with van der Waals surface area (Å²) in [6, 6.07) is 0. The predicted octanol–water partition coefficient (Wildman–Crippen LogP) is 3.92. The molecule has 6 heteroatoms. The van der Waals surface area contributed by atoms with E-state index >= 15 is 0 Å². The van der Waals surface area contributed by atoms with E-state index < -0.39 is 30.6 Å². The lowest BCUT2D eigenvalue weighted by Crippen LogP contribution is -2.28. The highest BCUT2D eigenvalue weighted by atomic mass is 19.4. The van der Waals surface area contributed by atoms with Crippen LogP contribution in [0.3, 0.4) is 0 Å². The lowest BCUT2D eigenvalue weighted by molar-refractivity contribution is -0.188. The Balaban J connectivity index is 4.25. The van der Waals surface area contributed by atoms with Crippen LogP contribution in [0, 0.1) is 5.41 Å². The molecule has 0 radical (unpaired) electrons. The van der Waals surface area contributed by atoms with Crippen molar-refractivity contribution >= 4 is 0 Å². The fraction of sp³-hybridized carbons (Fsp3) is 1.00. The molecule has 0 rings (SSSR count). The highest BCUT2D eigenvalue weighted by molar-refractivity contribution is 4.75. The molecule has 0 aromatic carbocycles. The molecule has 0 bridgehead atoms. The first-order chi connectivity index (χ1) is 5.41. The van der Waals surface area contributed by atoms with Gasteiger partial charge < -0.3 is 0 Å². The molecule has 0 fully saturated rings. The van der Waals surface area contributed by atoms with E-state index in [1.54, 1.807) is 0 Å². The van der Waals surface area contributed by atoms with E-state index in [-0.39, 0.29) is 0 Å². The molecule has 0 aromatic heterocycles. The van der Waals surface area contributed by atoms with Crippen LogP contribution in [-0.2, 0) is 0 Å². The molecule has 0 atom stereocenters. The number of hydrogen-bond donors (Lipinski definition) is 0. The van der Waals surface area contributed by atoms with Crippen LogP contribution in [0.4, 0.5) is 26.3 Å². The molecule has 80 valence electrons. The first-order valence-corrected chi connectivity index (χ1v) is 3.55. The summed E-state index contributed by atoms with van der Waals surface area (Å²) >= 11 is 0. The van der Waals surface area contributed by atoms with Crippen LogP contribution in [0.15, 0.2) is 0 Å². The Bertz CT molecular complexity index is 145. The molecule has 0 aromatic rings. The zero-order valence-corrected chi connectivity index (χ0v) is 7.18. The monoisotopic (exact) mass is 208 g/mol. The van der Waals surface area contributed by atoms with Gasteiger partial charge in [-0.1, -0.05) is 13.8 Å². The van der Waals surface area contributed by atoms with E-state index in [0.717, 1.165) is 13.8 Å². The summed E-state index contributed by atoms with van der Waals surface area (Å²) in [7, 11) is 0. The first kappa shape index (κ1) is 12.6. The molecule has 0 saturated heterocycles. The molecule has 0 nitrogen and oxygen atoms in total. The maximum Gasteiger partial charge on any atom is 0.389 e. The summed E-state index contributed by atoms with van der Waals surface area (Å²) < 4.78 is 70.6. The van der Waals surface area contributed by atoms with Crippen molar-refractivity contribution in [2.45, 2.75) is 39.0 Å². The van der Waals surface area contributed by atoms with Gasteiger partial charge >= 0.3 is 12.4 Å². The SMILES string of the molecule is CC(C)(CC(F)(F)F)CC(F)(F)F. The number of rotatable bonds is 2. The molecule has 0 saturated carbocycles. The second-order valence-corrected chi connectivity index (χ2v) is 3.75. The summed E-state index contributed by atoms with van der Waals surface area (Å²) in [6.07, 6.45) is -11.9. The third-order valence-corrected chi connectivity index (χ3v) is 1.36. The van der Waals surface area contributed by atoms with Gasteiger partial charge in [-0.3, -0.25) is 0 Å². The molecule has 0 unspecified atom stereocenters. The highest BCUT2D eigenvalue weighted by Crippen LogP contribution is 2.40. The smallest absolute Gasteiger partial charge is 0.171 e. The Morgan fingerprint density at radius 2 is 0.923 bits per heavy atom. The number of hydrogen-bond acceptors (Lipinski definition) is 0. The first-order valence-electron chi connectivity index (χ1n) is 3.55. The zero-order chi connectivity index (χ0) is 10.9. The standard InChI is InChI=1S/C7H10F6/c1-5(2,3-6(8,9)10)4-7(11,12)13/h3-4H2,1-2H3. The van der Waals surface area contributed by atoms with Crippen molar-refractivity contribution in [3.63, 3.8) is 0 Å². The maximum atomic E-state index is 11.8. The van der Waals surface area contributed by atoms with E-state index in [2.05, 4.69) is 0 Å². The molecular weight excluding hydrogens is 198 g/mol. The molecule has 0 aliphatic carbocycles. The molecule has 13 heavy (non-hydrogen) atoms. The Morgan fingerprint density at radius 3 is 1.08 bits per heavy atom. The predicted molar refractivity (Wildman–Crippen MR) is 35.1 cm³/mol. The van der Waals surface area contributed by atoms with Gasteiger partial charge in [0.25, 0.3) is 0 Å². The maximum absolute atomic E-state index is 11.8. The molecule has 0 aliphatic heterocycles. The van der Waals surface area contributed by atoms with Crippen molar-refractivity contribution in [2.75, 3.05) is 0 Å². The van der Waals surface area contributed by atoms with E-state index in [9.17, 15) is 26.3 Å². The van der Waals surface area contributed by atoms with Crippen molar-refractivity contribution in [3.8, 4) is 0 Å². The van der Waals surface area contributed by atoms with Crippen molar-refractivity contribution in [3.05, 3.63) is 0 Å². The molecule has 0 heterocycles. The Kier molecular flexibility index (Phi) is 3.27. The van der Waals surface area contributed by atoms with Crippen LogP contribution in [0.5, 0.6) is 0 Å². The summed E-state index contributed by atoms with van der Waals surface area (Å²) in [5.41, 5.74) is -1.78. The van der Waals surface area contributed by atoms with Gasteiger partial charge in [0.05, 0.1) is 0 Å². The summed E-state index contributed by atoms with van der Waals surface area (Å²) in [4.78, 5) is 0. The van der Waals surface area contributed by atoms with Gasteiger partial charge in [-0.2, -0.15) is 26.3 Å². The molecule has 0 aliphatic rings. The summed E-state index contributed by atoms with van der Waals surface area (Å²) in [6.45, 7) is 1.90. The molecular formula is C7H10F6. The van der Waals surface area contributed by atoms with E-state index in [1.807, 2.05) is 0 Å². The minimum absolute atomic E-state index is 0.952. The van der Waals surface area contributed by atoms with Crippen molar-refractivity contribution < 1.29 is 26.3 Å². The van der Waals surface area contributed by atoms with Gasteiger partial charge in [-0.25, -0.2) is 0 Å². The quantitative estimate of drug-likeness (QED) is 0.603. The lowest BCUT2D eigenvalue weighted by atomic mass is 9.85. The summed E-state index contributed by atoms with van der Waals surface area (Å²) in [5.74, 6) is 0. The third kappa shape index (κ3) is 7.93. The van der Waals surface area contributed by atoms with Crippen LogP contribution >= 0.6 is 0 Å². The van der Waals surface area contributed by atoms with Gasteiger partial charge in [0.1, 0.15) is 0 Å². The van der Waals surface area contributed by atoms with Crippen LogP contribution < -0.4 is 0 Å². The average Bonchev–Trinajstić information content (AvgIpc) is 1.43. The number of halogens is 6. The second kappa shape index (κ2) is 3.38. The van der Waals surface area contributed by atoms with Crippen molar-refractivity contribution in [1.82, 2.24) is 0 Å². The zero-order valence-electron chi connectivity index (χ0n) is 7.18. The molecule has 0 N–H and O–H groups in total.